The molecule has 2 heterocycles. The second-order valence-electron chi connectivity index (χ2n) is 6.48. The van der Waals surface area contributed by atoms with Crippen LogP contribution < -0.4 is 0 Å². The van der Waals surface area contributed by atoms with Crippen LogP contribution in [0.15, 0.2) is 4.52 Å². The molecule has 0 radical (unpaired) electrons. The summed E-state index contributed by atoms with van der Waals surface area (Å²) >= 11 is 0. The van der Waals surface area contributed by atoms with Gasteiger partial charge in [-0.15, -0.1) is 0 Å². The monoisotopic (exact) mass is 277 g/mol. The molecule has 0 aromatic carbocycles. The molecule has 0 spiro atoms. The van der Waals surface area contributed by atoms with Crippen LogP contribution in [0.1, 0.15) is 62.2 Å². The third-order valence-electron chi connectivity index (χ3n) is 4.62. The van der Waals surface area contributed by atoms with Gasteiger partial charge in [0.05, 0.1) is 12.6 Å². The summed E-state index contributed by atoms with van der Waals surface area (Å²) in [5.74, 6) is 3.15. The smallest absolute Gasteiger partial charge is 0.229 e. The molecule has 1 aromatic rings. The van der Waals surface area contributed by atoms with E-state index in [4.69, 9.17) is 9.26 Å². The molecule has 0 bridgehead atoms. The zero-order valence-electron chi connectivity index (χ0n) is 12.0. The Kier molecular flexibility index (Phi) is 3.48. The van der Waals surface area contributed by atoms with E-state index in [2.05, 4.69) is 15.0 Å². The average Bonchev–Trinajstić information content (AvgIpc) is 3.38. The number of rotatable bonds is 7. The summed E-state index contributed by atoms with van der Waals surface area (Å²) in [6.07, 6.45) is 7.52. The minimum Gasteiger partial charge on any atom is -0.380 e. The predicted molar refractivity (Wildman–Crippen MR) is 73.4 cm³/mol. The minimum atomic E-state index is 0.343. The second-order valence-corrected chi connectivity index (χ2v) is 6.48. The van der Waals surface area contributed by atoms with Gasteiger partial charge in [0.25, 0.3) is 0 Å². The Balaban J connectivity index is 1.30. The fourth-order valence-electron chi connectivity index (χ4n) is 2.98. The van der Waals surface area contributed by atoms with Crippen LogP contribution >= 0.6 is 0 Å². The average molecular weight is 277 g/mol. The Hall–Kier alpha value is -0.940. The van der Waals surface area contributed by atoms with Crippen molar-refractivity contribution in [3.8, 4) is 0 Å². The van der Waals surface area contributed by atoms with Gasteiger partial charge >= 0.3 is 0 Å². The zero-order valence-corrected chi connectivity index (χ0v) is 12.0. The Morgan fingerprint density at radius 3 is 2.90 bits per heavy atom. The topological polar surface area (TPSA) is 51.4 Å². The van der Waals surface area contributed by atoms with Crippen molar-refractivity contribution in [2.45, 2.75) is 50.5 Å². The predicted octanol–water partition coefficient (Wildman–Crippen LogP) is 2.51. The van der Waals surface area contributed by atoms with Crippen molar-refractivity contribution >= 4 is 0 Å². The van der Waals surface area contributed by atoms with E-state index in [1.54, 1.807) is 0 Å². The molecular formula is C15H23N3O2. The molecule has 0 N–H and O–H groups in total. The number of hydrogen-bond acceptors (Lipinski definition) is 5. The highest BCUT2D eigenvalue weighted by Gasteiger charge is 2.34. The Labute approximate surface area is 119 Å². The second kappa shape index (κ2) is 5.45. The molecule has 1 atom stereocenters. The van der Waals surface area contributed by atoms with Gasteiger partial charge in [-0.2, -0.15) is 4.98 Å². The molecule has 5 heteroatoms. The van der Waals surface area contributed by atoms with Gasteiger partial charge in [0, 0.05) is 19.1 Å². The molecular weight excluding hydrogens is 254 g/mol. The van der Waals surface area contributed by atoms with Crippen LogP contribution in [0.4, 0.5) is 0 Å². The fourth-order valence-corrected chi connectivity index (χ4v) is 2.98. The molecule has 4 rings (SSSR count). The van der Waals surface area contributed by atoms with E-state index >= 15 is 0 Å². The van der Waals surface area contributed by atoms with E-state index in [1.165, 1.54) is 32.1 Å². The fraction of sp³-hybridized carbons (Fsp3) is 0.867. The van der Waals surface area contributed by atoms with Crippen LogP contribution in [0.3, 0.4) is 0 Å². The molecule has 3 fully saturated rings. The quantitative estimate of drug-likeness (QED) is 0.717. The zero-order chi connectivity index (χ0) is 13.4. The largest absolute Gasteiger partial charge is 0.380 e. The summed E-state index contributed by atoms with van der Waals surface area (Å²) in [5, 5.41) is 4.21. The van der Waals surface area contributed by atoms with E-state index in [-0.39, 0.29) is 0 Å². The molecule has 20 heavy (non-hydrogen) atoms. The van der Waals surface area contributed by atoms with Crippen molar-refractivity contribution in [2.75, 3.05) is 26.3 Å². The van der Waals surface area contributed by atoms with Gasteiger partial charge in [-0.05, 0) is 51.0 Å². The highest BCUT2D eigenvalue weighted by molar-refractivity contribution is 5.05. The third-order valence-corrected chi connectivity index (χ3v) is 4.62. The van der Waals surface area contributed by atoms with Crippen LogP contribution in [-0.4, -0.2) is 41.3 Å². The molecule has 1 aliphatic heterocycles. The number of aromatic nitrogens is 2. The molecule has 5 nitrogen and oxygen atoms in total. The highest BCUT2D eigenvalue weighted by atomic mass is 16.5. The first-order valence-corrected chi connectivity index (χ1v) is 8.05. The SMILES string of the molecule is C1C[C@@H](c2noc(C3CC3)n2)N(CCOCC2CC2)C1. The third kappa shape index (κ3) is 2.88. The lowest BCUT2D eigenvalue weighted by Gasteiger charge is -2.21. The standard InChI is InChI=1S/C15H23N3O2/c1-2-13(14-16-15(20-17-14)12-5-6-12)18(7-1)8-9-19-10-11-3-4-11/h11-13H,1-10H2/t13-/m0/s1. The summed E-state index contributed by atoms with van der Waals surface area (Å²) in [7, 11) is 0. The lowest BCUT2D eigenvalue weighted by Crippen LogP contribution is -2.28. The first kappa shape index (κ1) is 12.8. The van der Waals surface area contributed by atoms with Crippen molar-refractivity contribution in [1.82, 2.24) is 15.0 Å². The van der Waals surface area contributed by atoms with Gasteiger partial charge in [-0.25, -0.2) is 0 Å². The van der Waals surface area contributed by atoms with Gasteiger partial charge in [0.2, 0.25) is 5.89 Å². The van der Waals surface area contributed by atoms with Crippen LogP contribution in [-0.2, 0) is 4.74 Å². The number of ether oxygens (including phenoxy) is 1. The summed E-state index contributed by atoms with van der Waals surface area (Å²) in [4.78, 5) is 7.06. The Morgan fingerprint density at radius 2 is 2.10 bits per heavy atom. The summed E-state index contributed by atoms with van der Waals surface area (Å²) < 4.78 is 11.1. The van der Waals surface area contributed by atoms with Gasteiger partial charge < -0.3 is 9.26 Å². The normalized spacial score (nSPS) is 27.3. The summed E-state index contributed by atoms with van der Waals surface area (Å²) in [6.45, 7) is 3.91. The molecule has 0 amide bonds. The number of likely N-dealkylation sites (tertiary alicyclic amines) is 1. The number of nitrogens with zero attached hydrogens (tertiary/aromatic N) is 3. The van der Waals surface area contributed by atoms with Crippen molar-refractivity contribution in [3.63, 3.8) is 0 Å². The molecule has 1 saturated heterocycles. The van der Waals surface area contributed by atoms with E-state index in [1.807, 2.05) is 0 Å². The Bertz CT molecular complexity index is 454. The molecule has 2 saturated carbocycles. The first-order valence-electron chi connectivity index (χ1n) is 8.05. The van der Waals surface area contributed by atoms with Crippen LogP contribution in [0.2, 0.25) is 0 Å². The number of hydrogen-bond donors (Lipinski definition) is 0. The van der Waals surface area contributed by atoms with Crippen molar-refractivity contribution in [1.29, 1.82) is 0 Å². The van der Waals surface area contributed by atoms with Gasteiger partial charge in [-0.3, -0.25) is 4.90 Å². The van der Waals surface area contributed by atoms with E-state index < -0.39 is 0 Å². The highest BCUT2D eigenvalue weighted by Crippen LogP contribution is 2.40. The molecule has 1 aromatic heterocycles. The maximum atomic E-state index is 5.75. The maximum absolute atomic E-state index is 5.75. The van der Waals surface area contributed by atoms with Crippen molar-refractivity contribution in [2.24, 2.45) is 5.92 Å². The Morgan fingerprint density at radius 1 is 1.20 bits per heavy atom. The van der Waals surface area contributed by atoms with Crippen LogP contribution in [0.25, 0.3) is 0 Å². The minimum absolute atomic E-state index is 0.343. The van der Waals surface area contributed by atoms with Crippen molar-refractivity contribution < 1.29 is 9.26 Å². The van der Waals surface area contributed by atoms with Crippen LogP contribution in [0.5, 0.6) is 0 Å². The van der Waals surface area contributed by atoms with Gasteiger partial charge in [-0.1, -0.05) is 5.16 Å². The molecule has 0 unspecified atom stereocenters. The first-order chi connectivity index (χ1) is 9.90. The van der Waals surface area contributed by atoms with E-state index in [9.17, 15) is 0 Å². The summed E-state index contributed by atoms with van der Waals surface area (Å²) in [5.41, 5.74) is 0. The van der Waals surface area contributed by atoms with Crippen LogP contribution in [0, 0.1) is 5.92 Å². The lowest BCUT2D eigenvalue weighted by atomic mass is 10.2. The van der Waals surface area contributed by atoms with Gasteiger partial charge in [0.15, 0.2) is 5.82 Å². The molecule has 2 aliphatic carbocycles. The van der Waals surface area contributed by atoms with E-state index in [0.29, 0.717) is 12.0 Å². The van der Waals surface area contributed by atoms with E-state index in [0.717, 1.165) is 50.4 Å². The lowest BCUT2D eigenvalue weighted by molar-refractivity contribution is 0.0908. The maximum Gasteiger partial charge on any atom is 0.229 e. The molecule has 110 valence electrons. The van der Waals surface area contributed by atoms with Crippen molar-refractivity contribution in [3.05, 3.63) is 11.7 Å². The summed E-state index contributed by atoms with van der Waals surface area (Å²) in [6, 6.07) is 0.343. The molecule has 3 aliphatic rings. The van der Waals surface area contributed by atoms with Gasteiger partial charge in [0.1, 0.15) is 0 Å².